The van der Waals surface area contributed by atoms with Gasteiger partial charge < -0.3 is 9.84 Å². The summed E-state index contributed by atoms with van der Waals surface area (Å²) >= 11 is 0. The first kappa shape index (κ1) is 12.6. The molecule has 0 amide bonds. The van der Waals surface area contributed by atoms with Crippen LogP contribution >= 0.6 is 0 Å². The maximum atomic E-state index is 10.5. The first-order valence-electron chi connectivity index (χ1n) is 6.50. The molecular weight excluding hydrogens is 212 g/mol. The van der Waals surface area contributed by atoms with Gasteiger partial charge in [-0.2, -0.15) is 0 Å². The number of benzene rings is 1. The maximum absolute atomic E-state index is 10.5. The highest BCUT2D eigenvalue weighted by atomic mass is 16.5. The molecule has 1 heterocycles. The molecule has 17 heavy (non-hydrogen) atoms. The Morgan fingerprint density at radius 1 is 1.41 bits per heavy atom. The number of aryl methyl sites for hydroxylation is 2. The minimum Gasteiger partial charge on any atom is -0.388 e. The summed E-state index contributed by atoms with van der Waals surface area (Å²) in [5.41, 5.74) is 3.44. The van der Waals surface area contributed by atoms with Gasteiger partial charge in [-0.15, -0.1) is 0 Å². The van der Waals surface area contributed by atoms with Crippen LogP contribution in [-0.2, 0) is 4.74 Å². The summed E-state index contributed by atoms with van der Waals surface area (Å²) in [6, 6.07) is 6.28. The van der Waals surface area contributed by atoms with Gasteiger partial charge in [0.2, 0.25) is 0 Å². The fourth-order valence-electron chi connectivity index (χ4n) is 2.76. The normalized spacial score (nSPS) is 26.1. The van der Waals surface area contributed by atoms with Gasteiger partial charge in [-0.1, -0.05) is 30.7 Å². The van der Waals surface area contributed by atoms with Gasteiger partial charge >= 0.3 is 0 Å². The van der Waals surface area contributed by atoms with E-state index < -0.39 is 0 Å². The van der Waals surface area contributed by atoms with Gasteiger partial charge in [-0.25, -0.2) is 0 Å². The van der Waals surface area contributed by atoms with Gasteiger partial charge in [-0.3, -0.25) is 0 Å². The van der Waals surface area contributed by atoms with Crippen LogP contribution in [0.15, 0.2) is 18.2 Å². The van der Waals surface area contributed by atoms with Crippen molar-refractivity contribution in [1.82, 2.24) is 0 Å². The molecule has 3 unspecified atom stereocenters. The molecule has 0 spiro atoms. The first-order chi connectivity index (χ1) is 8.13. The van der Waals surface area contributed by atoms with E-state index in [1.807, 2.05) is 0 Å². The Balaban J connectivity index is 2.24. The van der Waals surface area contributed by atoms with E-state index in [1.165, 1.54) is 11.1 Å². The molecule has 94 valence electrons. The number of hydrogen-bond donors (Lipinski definition) is 1. The molecule has 0 saturated carbocycles. The molecule has 1 saturated heterocycles. The van der Waals surface area contributed by atoms with Crippen LogP contribution in [0.2, 0.25) is 0 Å². The molecule has 1 aromatic carbocycles. The van der Waals surface area contributed by atoms with E-state index in [2.05, 4.69) is 39.0 Å². The van der Waals surface area contributed by atoms with E-state index in [1.54, 1.807) is 0 Å². The maximum Gasteiger partial charge on any atom is 0.0846 e. The van der Waals surface area contributed by atoms with Gasteiger partial charge in [0.05, 0.1) is 12.2 Å². The van der Waals surface area contributed by atoms with Crippen LogP contribution in [0.3, 0.4) is 0 Å². The zero-order valence-electron chi connectivity index (χ0n) is 10.9. The Bertz CT molecular complexity index is 387. The Morgan fingerprint density at radius 3 is 2.88 bits per heavy atom. The molecule has 0 bridgehead atoms. The molecule has 1 fully saturated rings. The first-order valence-corrected chi connectivity index (χ1v) is 6.50. The molecule has 1 N–H and O–H groups in total. The summed E-state index contributed by atoms with van der Waals surface area (Å²) < 4.78 is 5.67. The Kier molecular flexibility index (Phi) is 3.85. The summed E-state index contributed by atoms with van der Waals surface area (Å²) in [6.07, 6.45) is 1.77. The number of aliphatic hydroxyl groups excluding tert-OH is 1. The molecular formula is C15H22O2. The summed E-state index contributed by atoms with van der Waals surface area (Å²) in [5, 5.41) is 10.5. The number of hydrogen-bond acceptors (Lipinski definition) is 2. The van der Waals surface area contributed by atoms with Gasteiger partial charge in [-0.05, 0) is 37.8 Å². The van der Waals surface area contributed by atoms with Crippen molar-refractivity contribution in [3.05, 3.63) is 34.9 Å². The van der Waals surface area contributed by atoms with Crippen molar-refractivity contribution in [2.75, 3.05) is 6.61 Å². The van der Waals surface area contributed by atoms with Crippen molar-refractivity contribution in [2.45, 2.75) is 45.8 Å². The molecule has 1 aliphatic rings. The van der Waals surface area contributed by atoms with E-state index in [-0.39, 0.29) is 18.1 Å². The predicted octanol–water partition coefficient (Wildman–Crippen LogP) is 3.15. The predicted molar refractivity (Wildman–Crippen MR) is 69.0 cm³/mol. The van der Waals surface area contributed by atoms with Gasteiger partial charge in [0.1, 0.15) is 0 Å². The quantitative estimate of drug-likeness (QED) is 0.870. The molecule has 3 atom stereocenters. The van der Waals surface area contributed by atoms with E-state index in [0.717, 1.165) is 25.0 Å². The van der Waals surface area contributed by atoms with Gasteiger partial charge in [0.25, 0.3) is 0 Å². The zero-order valence-corrected chi connectivity index (χ0v) is 10.9. The fourth-order valence-corrected chi connectivity index (χ4v) is 2.76. The number of rotatable bonds is 3. The van der Waals surface area contributed by atoms with Gasteiger partial charge in [0.15, 0.2) is 0 Å². The minimum absolute atomic E-state index is 0.213. The third-order valence-electron chi connectivity index (χ3n) is 3.82. The molecule has 1 aromatic rings. The molecule has 0 aliphatic carbocycles. The van der Waals surface area contributed by atoms with Crippen LogP contribution in [0.25, 0.3) is 0 Å². The molecule has 2 rings (SSSR count). The van der Waals surface area contributed by atoms with Crippen LogP contribution in [-0.4, -0.2) is 17.8 Å². The van der Waals surface area contributed by atoms with Crippen LogP contribution in [0.1, 0.15) is 42.6 Å². The average molecular weight is 234 g/mol. The Hall–Kier alpha value is -0.860. The summed E-state index contributed by atoms with van der Waals surface area (Å²) in [6.45, 7) is 7.04. The van der Waals surface area contributed by atoms with Crippen molar-refractivity contribution in [3.63, 3.8) is 0 Å². The highest BCUT2D eigenvalue weighted by molar-refractivity contribution is 5.32. The lowest BCUT2D eigenvalue weighted by molar-refractivity contribution is 0.0305. The van der Waals surface area contributed by atoms with E-state index in [4.69, 9.17) is 4.74 Å². The molecule has 0 radical (unpaired) electrons. The van der Waals surface area contributed by atoms with E-state index in [9.17, 15) is 5.11 Å². The van der Waals surface area contributed by atoms with Crippen LogP contribution in [0.4, 0.5) is 0 Å². The second-order valence-electron chi connectivity index (χ2n) is 5.07. The summed E-state index contributed by atoms with van der Waals surface area (Å²) in [4.78, 5) is 0. The monoisotopic (exact) mass is 234 g/mol. The topological polar surface area (TPSA) is 29.5 Å². The zero-order chi connectivity index (χ0) is 12.4. The third-order valence-corrected chi connectivity index (χ3v) is 3.82. The Morgan fingerprint density at radius 2 is 2.18 bits per heavy atom. The highest BCUT2D eigenvalue weighted by Gasteiger charge is 2.33. The molecule has 0 aromatic heterocycles. The van der Waals surface area contributed by atoms with E-state index >= 15 is 0 Å². The number of ether oxygens (including phenoxy) is 1. The summed E-state index contributed by atoms with van der Waals surface area (Å²) in [5.74, 6) is 0.250. The second kappa shape index (κ2) is 5.19. The second-order valence-corrected chi connectivity index (χ2v) is 5.07. The standard InChI is InChI=1S/C15H22O2/c1-4-14-12(7-8-17-14)15(16)13-9-10(2)5-6-11(13)3/h5-6,9,12,14-16H,4,7-8H2,1-3H3. The lowest BCUT2D eigenvalue weighted by Crippen LogP contribution is -2.22. The molecule has 1 aliphatic heterocycles. The van der Waals surface area contributed by atoms with E-state index in [0.29, 0.717) is 0 Å². The highest BCUT2D eigenvalue weighted by Crippen LogP contribution is 2.36. The fraction of sp³-hybridized carbons (Fsp3) is 0.600. The Labute approximate surface area is 104 Å². The van der Waals surface area contributed by atoms with Crippen molar-refractivity contribution in [1.29, 1.82) is 0 Å². The van der Waals surface area contributed by atoms with Crippen LogP contribution in [0, 0.1) is 19.8 Å². The van der Waals surface area contributed by atoms with Crippen LogP contribution in [0.5, 0.6) is 0 Å². The summed E-state index contributed by atoms with van der Waals surface area (Å²) in [7, 11) is 0. The lowest BCUT2D eigenvalue weighted by atomic mass is 9.86. The van der Waals surface area contributed by atoms with Gasteiger partial charge in [0, 0.05) is 12.5 Å². The largest absolute Gasteiger partial charge is 0.388 e. The minimum atomic E-state index is -0.387. The smallest absolute Gasteiger partial charge is 0.0846 e. The SMILES string of the molecule is CCC1OCCC1C(O)c1cc(C)ccc1C. The third kappa shape index (κ3) is 2.53. The molecule has 2 heteroatoms. The van der Waals surface area contributed by atoms with Crippen molar-refractivity contribution in [2.24, 2.45) is 5.92 Å². The van der Waals surface area contributed by atoms with Crippen molar-refractivity contribution in [3.8, 4) is 0 Å². The lowest BCUT2D eigenvalue weighted by Gasteiger charge is -2.24. The number of aliphatic hydroxyl groups is 1. The van der Waals surface area contributed by atoms with Crippen molar-refractivity contribution < 1.29 is 9.84 Å². The van der Waals surface area contributed by atoms with Crippen LogP contribution < -0.4 is 0 Å². The average Bonchev–Trinajstić information content (AvgIpc) is 2.79. The molecule has 2 nitrogen and oxygen atoms in total. The van der Waals surface area contributed by atoms with Crippen molar-refractivity contribution >= 4 is 0 Å².